The number of thiocarbonyl (C=S) groups is 1. The minimum atomic E-state index is -0.357. The second kappa shape index (κ2) is 6.55. The van der Waals surface area contributed by atoms with Crippen LogP contribution in [0, 0.1) is 0 Å². The SMILES string of the molecule is CC1(C)SC(=S)N(c2ccccc2)[C@H]1N(O)C=C1C=CC(=O)C=C1. The summed E-state index contributed by atoms with van der Waals surface area (Å²) in [6.07, 6.45) is 7.60. The first kappa shape index (κ1) is 17.0. The van der Waals surface area contributed by atoms with Crippen molar-refractivity contribution in [2.45, 2.75) is 24.8 Å². The van der Waals surface area contributed by atoms with Crippen LogP contribution >= 0.6 is 24.0 Å². The van der Waals surface area contributed by atoms with E-state index in [2.05, 4.69) is 13.8 Å². The highest BCUT2D eigenvalue weighted by atomic mass is 32.2. The molecule has 1 aromatic carbocycles. The van der Waals surface area contributed by atoms with E-state index in [1.54, 1.807) is 30.1 Å². The molecule has 0 bridgehead atoms. The van der Waals surface area contributed by atoms with Gasteiger partial charge in [-0.15, -0.1) is 0 Å². The van der Waals surface area contributed by atoms with Crippen LogP contribution in [0.1, 0.15) is 13.8 Å². The Labute approximate surface area is 151 Å². The molecule has 1 N–H and O–H groups in total. The number of hydroxylamine groups is 2. The zero-order valence-electron chi connectivity index (χ0n) is 13.4. The number of nitrogens with zero attached hydrogens (tertiary/aromatic N) is 2. The Morgan fingerprint density at radius 3 is 2.46 bits per heavy atom. The van der Waals surface area contributed by atoms with E-state index >= 15 is 0 Å². The number of hydrogen-bond donors (Lipinski definition) is 1. The summed E-state index contributed by atoms with van der Waals surface area (Å²) in [5, 5.41) is 11.9. The van der Waals surface area contributed by atoms with E-state index in [9.17, 15) is 10.0 Å². The summed E-state index contributed by atoms with van der Waals surface area (Å²) in [5.74, 6) is -0.0551. The van der Waals surface area contributed by atoms with Crippen molar-refractivity contribution in [2.24, 2.45) is 0 Å². The van der Waals surface area contributed by atoms with Crippen molar-refractivity contribution in [3.63, 3.8) is 0 Å². The molecule has 0 amide bonds. The van der Waals surface area contributed by atoms with E-state index in [-0.39, 0.29) is 16.7 Å². The highest BCUT2D eigenvalue weighted by Crippen LogP contribution is 2.44. The van der Waals surface area contributed by atoms with E-state index in [4.69, 9.17) is 12.2 Å². The zero-order chi connectivity index (χ0) is 17.3. The fourth-order valence-electron chi connectivity index (χ4n) is 2.79. The second-order valence-electron chi connectivity index (χ2n) is 6.13. The number of carbonyl (C=O) groups excluding carboxylic acids is 1. The van der Waals surface area contributed by atoms with E-state index in [0.29, 0.717) is 0 Å². The number of para-hydroxylation sites is 1. The van der Waals surface area contributed by atoms with Gasteiger partial charge >= 0.3 is 0 Å². The lowest BCUT2D eigenvalue weighted by atomic mass is 10.1. The quantitative estimate of drug-likeness (QED) is 0.653. The van der Waals surface area contributed by atoms with E-state index in [0.717, 1.165) is 15.6 Å². The Kier molecular flexibility index (Phi) is 4.62. The fraction of sp³-hybridized carbons (Fsp3) is 0.222. The van der Waals surface area contributed by atoms with Crippen LogP contribution in [0.5, 0.6) is 0 Å². The summed E-state index contributed by atoms with van der Waals surface area (Å²) in [5.41, 5.74) is 1.69. The van der Waals surface area contributed by atoms with Gasteiger partial charge in [0.1, 0.15) is 10.5 Å². The van der Waals surface area contributed by atoms with Crippen LogP contribution in [-0.4, -0.2) is 31.3 Å². The summed E-state index contributed by atoms with van der Waals surface area (Å²) in [6.45, 7) is 4.10. The molecule has 1 saturated heterocycles. The van der Waals surface area contributed by atoms with Gasteiger partial charge in [0.15, 0.2) is 5.78 Å². The molecule has 0 unspecified atom stereocenters. The molecule has 24 heavy (non-hydrogen) atoms. The van der Waals surface area contributed by atoms with Gasteiger partial charge in [-0.2, -0.15) is 0 Å². The number of thioether (sulfide) groups is 1. The number of benzene rings is 1. The Balaban J connectivity index is 1.94. The van der Waals surface area contributed by atoms with Crippen molar-refractivity contribution in [1.29, 1.82) is 0 Å². The summed E-state index contributed by atoms with van der Waals surface area (Å²) in [6, 6.07) is 9.79. The van der Waals surface area contributed by atoms with Gasteiger partial charge < -0.3 is 4.90 Å². The van der Waals surface area contributed by atoms with Gasteiger partial charge in [0.2, 0.25) is 0 Å². The number of hydrogen-bond acceptors (Lipinski definition) is 5. The van der Waals surface area contributed by atoms with Gasteiger partial charge in [0.05, 0.1) is 4.75 Å². The molecule has 1 heterocycles. The number of ketones is 1. The molecular weight excluding hydrogens is 340 g/mol. The second-order valence-corrected chi connectivity index (χ2v) is 8.42. The lowest BCUT2D eigenvalue weighted by molar-refractivity contribution is -0.110. The van der Waals surface area contributed by atoms with Crippen molar-refractivity contribution in [1.82, 2.24) is 5.06 Å². The first-order valence-electron chi connectivity index (χ1n) is 7.55. The van der Waals surface area contributed by atoms with Crippen molar-refractivity contribution in [3.8, 4) is 0 Å². The van der Waals surface area contributed by atoms with Crippen molar-refractivity contribution in [2.75, 3.05) is 4.90 Å². The van der Waals surface area contributed by atoms with Crippen LogP contribution in [0.3, 0.4) is 0 Å². The molecule has 0 radical (unpaired) electrons. The fourth-order valence-corrected chi connectivity index (χ4v) is 4.71. The number of allylic oxidation sites excluding steroid dienone is 5. The zero-order valence-corrected chi connectivity index (χ0v) is 15.1. The maximum atomic E-state index is 11.2. The molecule has 1 atom stereocenters. The predicted octanol–water partition coefficient (Wildman–Crippen LogP) is 3.90. The standard InChI is InChI=1S/C18H18N2O2S2/c1-18(2)16(19(22)12-13-8-10-15(21)11-9-13)20(17(23)24-18)14-6-4-3-5-7-14/h3-12,16,22H,1-2H3/t16-/m1/s1. The molecule has 6 heteroatoms. The maximum Gasteiger partial charge on any atom is 0.178 e. The summed E-state index contributed by atoms with van der Waals surface area (Å²) in [7, 11) is 0. The normalized spacial score (nSPS) is 22.2. The van der Waals surface area contributed by atoms with Gasteiger partial charge in [-0.3, -0.25) is 10.0 Å². The van der Waals surface area contributed by atoms with Gasteiger partial charge in [0, 0.05) is 11.9 Å². The average Bonchev–Trinajstić information content (AvgIpc) is 2.79. The van der Waals surface area contributed by atoms with Crippen LogP contribution in [0.15, 0.2) is 66.4 Å². The molecule has 2 aliphatic rings. The van der Waals surface area contributed by atoms with E-state index < -0.39 is 0 Å². The smallest absolute Gasteiger partial charge is 0.178 e. The molecule has 4 nitrogen and oxygen atoms in total. The molecule has 1 aliphatic carbocycles. The van der Waals surface area contributed by atoms with Gasteiger partial charge in [-0.1, -0.05) is 42.2 Å². The van der Waals surface area contributed by atoms with Gasteiger partial charge in [0.25, 0.3) is 0 Å². The Hall–Kier alpha value is -1.89. The Morgan fingerprint density at radius 1 is 1.21 bits per heavy atom. The Bertz CT molecular complexity index is 736. The predicted molar refractivity (Wildman–Crippen MR) is 102 cm³/mol. The van der Waals surface area contributed by atoms with Crippen LogP contribution in [0.25, 0.3) is 0 Å². The van der Waals surface area contributed by atoms with Crippen molar-refractivity contribution < 1.29 is 10.0 Å². The third-order valence-corrected chi connectivity index (χ3v) is 5.41. The molecule has 1 aliphatic heterocycles. The molecule has 3 rings (SSSR count). The van der Waals surface area contributed by atoms with E-state index in [1.165, 1.54) is 17.2 Å². The molecule has 0 saturated carbocycles. The van der Waals surface area contributed by atoms with Crippen LogP contribution < -0.4 is 4.90 Å². The topological polar surface area (TPSA) is 43.8 Å². The van der Waals surface area contributed by atoms with Gasteiger partial charge in [-0.05, 0) is 55.9 Å². The first-order valence-corrected chi connectivity index (χ1v) is 8.77. The maximum absolute atomic E-state index is 11.2. The lowest BCUT2D eigenvalue weighted by Crippen LogP contribution is -2.50. The molecule has 1 fully saturated rings. The Morgan fingerprint density at radius 2 is 1.83 bits per heavy atom. The minimum Gasteiger partial charge on any atom is -0.303 e. The first-order chi connectivity index (χ1) is 11.4. The monoisotopic (exact) mass is 358 g/mol. The summed E-state index contributed by atoms with van der Waals surface area (Å²) < 4.78 is 0.412. The highest BCUT2D eigenvalue weighted by molar-refractivity contribution is 8.24. The molecular formula is C18H18N2O2S2. The van der Waals surface area contributed by atoms with Crippen molar-refractivity contribution in [3.05, 3.63) is 66.4 Å². The minimum absolute atomic E-state index is 0.0551. The lowest BCUT2D eigenvalue weighted by Gasteiger charge is -2.36. The van der Waals surface area contributed by atoms with Crippen LogP contribution in [-0.2, 0) is 4.79 Å². The molecule has 1 aromatic rings. The van der Waals surface area contributed by atoms with Crippen LogP contribution in [0.4, 0.5) is 5.69 Å². The summed E-state index contributed by atoms with van der Waals surface area (Å²) >= 11 is 7.11. The highest BCUT2D eigenvalue weighted by Gasteiger charge is 2.48. The largest absolute Gasteiger partial charge is 0.303 e. The number of carbonyl (C=O) groups is 1. The van der Waals surface area contributed by atoms with Gasteiger partial charge in [-0.25, -0.2) is 5.06 Å². The van der Waals surface area contributed by atoms with E-state index in [1.807, 2.05) is 35.2 Å². The molecule has 124 valence electrons. The number of anilines is 1. The third kappa shape index (κ3) is 3.31. The van der Waals surface area contributed by atoms with Crippen molar-refractivity contribution >= 4 is 39.8 Å². The molecule has 0 spiro atoms. The number of rotatable bonds is 3. The average molecular weight is 358 g/mol. The molecule has 0 aromatic heterocycles. The summed E-state index contributed by atoms with van der Waals surface area (Å²) in [4.78, 5) is 13.2. The third-order valence-electron chi connectivity index (χ3n) is 3.86. The van der Waals surface area contributed by atoms with Crippen LogP contribution in [0.2, 0.25) is 0 Å².